The molecule has 1 unspecified atom stereocenters. The van der Waals surface area contributed by atoms with Crippen molar-refractivity contribution in [3.05, 3.63) is 28.8 Å². The summed E-state index contributed by atoms with van der Waals surface area (Å²) in [7, 11) is 0. The minimum absolute atomic E-state index is 0.414. The summed E-state index contributed by atoms with van der Waals surface area (Å²) in [4.78, 5) is 23.4. The molecule has 2 N–H and O–H groups in total. The van der Waals surface area contributed by atoms with Crippen molar-refractivity contribution in [2.75, 3.05) is 0 Å². The van der Waals surface area contributed by atoms with Gasteiger partial charge in [-0.15, -0.1) is 0 Å². The van der Waals surface area contributed by atoms with Gasteiger partial charge in [0.05, 0.1) is 5.02 Å². The number of aryl methyl sites for hydroxylation is 1. The third-order valence-electron chi connectivity index (χ3n) is 3.74. The van der Waals surface area contributed by atoms with Gasteiger partial charge >= 0.3 is 5.97 Å². The number of benzene rings is 1. The van der Waals surface area contributed by atoms with Crippen molar-refractivity contribution in [3.63, 3.8) is 0 Å². The first-order chi connectivity index (χ1) is 9.84. The van der Waals surface area contributed by atoms with E-state index < -0.39 is 23.5 Å². The van der Waals surface area contributed by atoms with E-state index in [1.807, 2.05) is 13.0 Å². The molecule has 0 heterocycles. The maximum Gasteiger partial charge on any atom is 0.329 e. The first-order valence-corrected chi connectivity index (χ1v) is 7.20. The van der Waals surface area contributed by atoms with Gasteiger partial charge in [0.2, 0.25) is 0 Å². The number of nitrogens with one attached hydrogen (secondary N) is 1. The van der Waals surface area contributed by atoms with E-state index in [9.17, 15) is 14.7 Å². The molecule has 0 aliphatic heterocycles. The Morgan fingerprint density at radius 2 is 2.10 bits per heavy atom. The number of hydrogen-bond donors (Lipinski definition) is 2. The topological polar surface area (TPSA) is 75.6 Å². The van der Waals surface area contributed by atoms with Crippen LogP contribution in [0.1, 0.15) is 31.7 Å². The summed E-state index contributed by atoms with van der Waals surface area (Å²) in [6, 6.07) is 5.28. The van der Waals surface area contributed by atoms with E-state index in [4.69, 9.17) is 16.3 Å². The highest BCUT2D eigenvalue weighted by Gasteiger charge is 2.46. The minimum atomic E-state index is -1.13. The highest BCUT2D eigenvalue weighted by Crippen LogP contribution is 2.32. The highest BCUT2D eigenvalue weighted by molar-refractivity contribution is 6.32. The van der Waals surface area contributed by atoms with Crippen LogP contribution in [0.3, 0.4) is 0 Å². The number of ether oxygens (including phenoxy) is 1. The lowest BCUT2D eigenvalue weighted by Gasteiger charge is -2.38. The van der Waals surface area contributed by atoms with Crippen molar-refractivity contribution in [3.8, 4) is 5.75 Å². The van der Waals surface area contributed by atoms with Crippen molar-refractivity contribution >= 4 is 23.5 Å². The van der Waals surface area contributed by atoms with Crippen LogP contribution in [0.4, 0.5) is 0 Å². The second-order valence-electron chi connectivity index (χ2n) is 5.42. The smallest absolute Gasteiger partial charge is 0.329 e. The molecule has 21 heavy (non-hydrogen) atoms. The number of carbonyl (C=O) groups excluding carboxylic acids is 1. The summed E-state index contributed by atoms with van der Waals surface area (Å²) in [5.74, 6) is -1.03. The van der Waals surface area contributed by atoms with Crippen molar-refractivity contribution in [1.29, 1.82) is 0 Å². The minimum Gasteiger partial charge on any atom is -0.480 e. The summed E-state index contributed by atoms with van der Waals surface area (Å²) in [6.07, 6.45) is 0.880. The number of carboxylic acid groups (broad SMARTS) is 1. The van der Waals surface area contributed by atoms with Gasteiger partial charge in [0.15, 0.2) is 6.10 Å². The van der Waals surface area contributed by atoms with E-state index in [-0.39, 0.29) is 0 Å². The quantitative estimate of drug-likeness (QED) is 0.876. The zero-order chi connectivity index (χ0) is 15.6. The molecule has 0 saturated heterocycles. The van der Waals surface area contributed by atoms with Gasteiger partial charge in [-0.3, -0.25) is 4.79 Å². The van der Waals surface area contributed by atoms with Crippen molar-refractivity contribution in [1.82, 2.24) is 5.32 Å². The molecule has 5 nitrogen and oxygen atoms in total. The van der Waals surface area contributed by atoms with Gasteiger partial charge in [0.25, 0.3) is 5.91 Å². The molecule has 1 atom stereocenters. The molecule has 0 bridgehead atoms. The van der Waals surface area contributed by atoms with Crippen molar-refractivity contribution in [2.45, 2.75) is 44.8 Å². The van der Waals surface area contributed by atoms with Crippen molar-refractivity contribution in [2.24, 2.45) is 0 Å². The first kappa shape index (κ1) is 15.6. The Bertz CT molecular complexity index is 569. The molecule has 1 aliphatic carbocycles. The summed E-state index contributed by atoms with van der Waals surface area (Å²) in [6.45, 7) is 3.46. The fourth-order valence-electron chi connectivity index (χ4n) is 2.20. The lowest BCUT2D eigenvalue weighted by Crippen LogP contribution is -2.61. The van der Waals surface area contributed by atoms with Crippen LogP contribution in [0.15, 0.2) is 18.2 Å². The van der Waals surface area contributed by atoms with Crippen LogP contribution in [0.2, 0.25) is 5.02 Å². The van der Waals surface area contributed by atoms with E-state index in [1.54, 1.807) is 19.1 Å². The van der Waals surface area contributed by atoms with Crippen molar-refractivity contribution < 1.29 is 19.4 Å². The lowest BCUT2D eigenvalue weighted by molar-refractivity contribution is -0.152. The zero-order valence-electron chi connectivity index (χ0n) is 12.0. The Balaban J connectivity index is 2.03. The molecular formula is C15H18ClNO4. The summed E-state index contributed by atoms with van der Waals surface area (Å²) >= 11 is 6.02. The second-order valence-corrected chi connectivity index (χ2v) is 5.83. The fraction of sp³-hybridized carbons (Fsp3) is 0.467. The Morgan fingerprint density at radius 1 is 1.43 bits per heavy atom. The molecule has 114 valence electrons. The predicted molar refractivity (Wildman–Crippen MR) is 78.6 cm³/mol. The molecule has 1 fully saturated rings. The third-order valence-corrected chi connectivity index (χ3v) is 4.05. The maximum atomic E-state index is 12.1. The SMILES string of the molecule is Cc1ccc(Cl)c(OC(C)C(=O)NC2(C(=O)O)CCC2)c1. The maximum absolute atomic E-state index is 12.1. The Labute approximate surface area is 128 Å². The first-order valence-electron chi connectivity index (χ1n) is 6.82. The zero-order valence-corrected chi connectivity index (χ0v) is 12.7. The molecule has 6 heteroatoms. The fourth-order valence-corrected chi connectivity index (χ4v) is 2.37. The molecule has 0 radical (unpaired) electrons. The molecule has 1 saturated carbocycles. The van der Waals surface area contributed by atoms with E-state index in [1.165, 1.54) is 0 Å². The number of halogens is 1. The summed E-state index contributed by atoms with van der Waals surface area (Å²) < 4.78 is 5.55. The molecule has 1 aliphatic rings. The monoisotopic (exact) mass is 311 g/mol. The molecule has 0 aromatic heterocycles. The Kier molecular flexibility index (Phi) is 4.42. The molecule has 2 rings (SSSR count). The van der Waals surface area contributed by atoms with Crippen LogP contribution >= 0.6 is 11.6 Å². The average Bonchev–Trinajstić information content (AvgIpc) is 2.37. The van der Waals surface area contributed by atoms with Gasteiger partial charge in [-0.25, -0.2) is 4.79 Å². The Morgan fingerprint density at radius 3 is 2.62 bits per heavy atom. The molecule has 1 amide bonds. The van der Waals surface area contributed by atoms with Gasteiger partial charge in [0.1, 0.15) is 11.3 Å². The van der Waals surface area contributed by atoms with E-state index in [2.05, 4.69) is 5.32 Å². The number of carboxylic acids is 1. The van der Waals surface area contributed by atoms with Gasteiger partial charge in [-0.05, 0) is 50.8 Å². The molecule has 1 aromatic carbocycles. The van der Waals surface area contributed by atoms with Gasteiger partial charge in [-0.1, -0.05) is 17.7 Å². The summed E-state index contributed by atoms with van der Waals surface area (Å²) in [5, 5.41) is 12.2. The van der Waals surface area contributed by atoms with Crippen LogP contribution in [-0.4, -0.2) is 28.6 Å². The number of hydrogen-bond acceptors (Lipinski definition) is 3. The highest BCUT2D eigenvalue weighted by atomic mass is 35.5. The number of aliphatic carboxylic acids is 1. The normalized spacial score (nSPS) is 17.5. The standard InChI is InChI=1S/C15H18ClNO4/c1-9-4-5-11(16)12(8-9)21-10(2)13(18)17-15(14(19)20)6-3-7-15/h4-5,8,10H,3,6-7H2,1-2H3,(H,17,18)(H,19,20). The average molecular weight is 312 g/mol. The van der Waals surface area contributed by atoms with Crippen LogP contribution < -0.4 is 10.1 Å². The van der Waals surface area contributed by atoms with E-state index >= 15 is 0 Å². The Hall–Kier alpha value is -1.75. The van der Waals surface area contributed by atoms with Crippen LogP contribution in [0.5, 0.6) is 5.75 Å². The van der Waals surface area contributed by atoms with Crippen LogP contribution in [0, 0.1) is 6.92 Å². The molecular weight excluding hydrogens is 294 g/mol. The third kappa shape index (κ3) is 3.29. The van der Waals surface area contributed by atoms with E-state index in [0.29, 0.717) is 23.6 Å². The van der Waals surface area contributed by atoms with Gasteiger partial charge in [0, 0.05) is 0 Å². The molecule has 0 spiro atoms. The number of carbonyl (C=O) groups is 2. The predicted octanol–water partition coefficient (Wildman–Crippen LogP) is 2.54. The number of amides is 1. The van der Waals surface area contributed by atoms with Crippen LogP contribution in [0.25, 0.3) is 0 Å². The summed E-state index contributed by atoms with van der Waals surface area (Å²) in [5.41, 5.74) is -0.173. The van der Waals surface area contributed by atoms with Crippen LogP contribution in [-0.2, 0) is 9.59 Å². The van der Waals surface area contributed by atoms with E-state index in [0.717, 1.165) is 12.0 Å². The van der Waals surface area contributed by atoms with Gasteiger partial charge in [-0.2, -0.15) is 0 Å². The molecule has 1 aromatic rings. The van der Waals surface area contributed by atoms with Gasteiger partial charge < -0.3 is 15.2 Å². The number of rotatable bonds is 5. The lowest BCUT2D eigenvalue weighted by atomic mass is 9.76. The second kappa shape index (κ2) is 5.93. The largest absolute Gasteiger partial charge is 0.480 e.